The molecule has 0 spiro atoms. The Bertz CT molecular complexity index is 835. The summed E-state index contributed by atoms with van der Waals surface area (Å²) >= 11 is 0. The predicted molar refractivity (Wildman–Crippen MR) is 102 cm³/mol. The Labute approximate surface area is 153 Å². The molecule has 0 aliphatic carbocycles. The lowest BCUT2D eigenvalue weighted by molar-refractivity contribution is 0.0706. The number of pyridine rings is 1. The molecule has 3 rings (SSSR count). The molecular weight excluding hydrogens is 324 g/mol. The zero-order valence-electron chi connectivity index (χ0n) is 14.6. The van der Waals surface area contributed by atoms with Gasteiger partial charge in [-0.1, -0.05) is 54.6 Å². The molecule has 132 valence electrons. The number of aliphatic hydroxyl groups is 1. The maximum atomic E-state index is 13.1. The van der Waals surface area contributed by atoms with Crippen molar-refractivity contribution >= 4 is 5.91 Å². The van der Waals surface area contributed by atoms with E-state index in [1.165, 1.54) is 0 Å². The molecule has 0 aliphatic heterocycles. The quantitative estimate of drug-likeness (QED) is 0.714. The van der Waals surface area contributed by atoms with E-state index in [1.54, 1.807) is 17.3 Å². The van der Waals surface area contributed by atoms with Gasteiger partial charge in [0.2, 0.25) is 0 Å². The van der Waals surface area contributed by atoms with Gasteiger partial charge in [0.25, 0.3) is 5.91 Å². The van der Waals surface area contributed by atoms with Crippen LogP contribution in [0.25, 0.3) is 0 Å². The number of carbonyl (C=O) groups is 1. The van der Waals surface area contributed by atoms with Crippen LogP contribution in [-0.2, 0) is 13.0 Å². The van der Waals surface area contributed by atoms with E-state index < -0.39 is 0 Å². The average molecular weight is 346 g/mol. The number of amides is 1. The molecule has 3 aromatic rings. The SMILES string of the molecule is O=C(c1ccccc1Cc1ccccc1)N(CCO)Cc1cccnc1. The fourth-order valence-corrected chi connectivity index (χ4v) is 2.95. The van der Waals surface area contributed by atoms with Crippen LogP contribution in [0.1, 0.15) is 27.0 Å². The third-order valence-electron chi connectivity index (χ3n) is 4.24. The summed E-state index contributed by atoms with van der Waals surface area (Å²) in [5.41, 5.74) is 3.76. The lowest BCUT2D eigenvalue weighted by Crippen LogP contribution is -2.33. The van der Waals surface area contributed by atoms with Crippen LogP contribution < -0.4 is 0 Å². The first-order valence-corrected chi connectivity index (χ1v) is 8.69. The first kappa shape index (κ1) is 17.8. The van der Waals surface area contributed by atoms with Crippen molar-refractivity contribution in [3.05, 3.63) is 101 Å². The van der Waals surface area contributed by atoms with Crippen molar-refractivity contribution in [1.29, 1.82) is 0 Å². The zero-order chi connectivity index (χ0) is 18.2. The van der Waals surface area contributed by atoms with E-state index in [2.05, 4.69) is 17.1 Å². The summed E-state index contributed by atoms with van der Waals surface area (Å²) in [5.74, 6) is -0.0746. The first-order chi connectivity index (χ1) is 12.8. The number of aromatic nitrogens is 1. The van der Waals surface area contributed by atoms with Gasteiger partial charge in [-0.25, -0.2) is 0 Å². The molecule has 0 saturated carbocycles. The second-order valence-corrected chi connectivity index (χ2v) is 6.13. The molecule has 2 aromatic carbocycles. The molecule has 1 amide bonds. The van der Waals surface area contributed by atoms with Gasteiger partial charge in [-0.15, -0.1) is 0 Å². The van der Waals surface area contributed by atoms with Crippen LogP contribution in [0, 0.1) is 0 Å². The van der Waals surface area contributed by atoms with Crippen LogP contribution in [0.3, 0.4) is 0 Å². The van der Waals surface area contributed by atoms with Crippen molar-refractivity contribution in [2.75, 3.05) is 13.2 Å². The lowest BCUT2D eigenvalue weighted by Gasteiger charge is -2.23. The summed E-state index contributed by atoms with van der Waals surface area (Å²) in [6, 6.07) is 21.6. The highest BCUT2D eigenvalue weighted by Gasteiger charge is 2.18. The van der Waals surface area contributed by atoms with Gasteiger partial charge in [0, 0.05) is 31.0 Å². The Kier molecular flexibility index (Phi) is 6.12. The van der Waals surface area contributed by atoms with Crippen LogP contribution in [0.15, 0.2) is 79.1 Å². The predicted octanol–water partition coefficient (Wildman–Crippen LogP) is 3.31. The molecule has 1 N–H and O–H groups in total. The largest absolute Gasteiger partial charge is 0.395 e. The topological polar surface area (TPSA) is 53.4 Å². The van der Waals surface area contributed by atoms with Crippen LogP contribution in [0.4, 0.5) is 0 Å². The molecule has 26 heavy (non-hydrogen) atoms. The van der Waals surface area contributed by atoms with Gasteiger partial charge in [0.15, 0.2) is 0 Å². The summed E-state index contributed by atoms with van der Waals surface area (Å²) in [6.45, 7) is 0.632. The van der Waals surface area contributed by atoms with Crippen molar-refractivity contribution in [3.63, 3.8) is 0 Å². The van der Waals surface area contributed by atoms with E-state index in [0.717, 1.165) is 16.7 Å². The minimum atomic E-state index is -0.0765. The zero-order valence-corrected chi connectivity index (χ0v) is 14.6. The van der Waals surface area contributed by atoms with Crippen molar-refractivity contribution in [1.82, 2.24) is 9.88 Å². The lowest BCUT2D eigenvalue weighted by atomic mass is 9.99. The minimum Gasteiger partial charge on any atom is -0.395 e. The Morgan fingerprint density at radius 1 is 0.923 bits per heavy atom. The number of carbonyl (C=O) groups excluding carboxylic acids is 1. The van der Waals surface area contributed by atoms with E-state index in [0.29, 0.717) is 18.5 Å². The fourth-order valence-electron chi connectivity index (χ4n) is 2.95. The molecule has 0 unspecified atom stereocenters. The smallest absolute Gasteiger partial charge is 0.254 e. The molecule has 0 saturated heterocycles. The number of hydrogen-bond donors (Lipinski definition) is 1. The van der Waals surface area contributed by atoms with Gasteiger partial charge in [-0.05, 0) is 35.2 Å². The van der Waals surface area contributed by atoms with Gasteiger partial charge in [0.05, 0.1) is 6.61 Å². The minimum absolute atomic E-state index is 0.0746. The van der Waals surface area contributed by atoms with Gasteiger partial charge in [-0.3, -0.25) is 9.78 Å². The Morgan fingerprint density at radius 2 is 1.65 bits per heavy atom. The maximum absolute atomic E-state index is 13.1. The number of nitrogens with zero attached hydrogens (tertiary/aromatic N) is 2. The van der Waals surface area contributed by atoms with E-state index >= 15 is 0 Å². The molecular formula is C22H22N2O2. The second kappa shape index (κ2) is 8.92. The molecule has 0 radical (unpaired) electrons. The molecule has 4 nitrogen and oxygen atoms in total. The molecule has 0 aliphatic rings. The van der Waals surface area contributed by atoms with E-state index in [-0.39, 0.29) is 19.1 Å². The van der Waals surface area contributed by atoms with Crippen molar-refractivity contribution in [2.45, 2.75) is 13.0 Å². The Balaban J connectivity index is 1.85. The van der Waals surface area contributed by atoms with Crippen LogP contribution in [-0.4, -0.2) is 34.0 Å². The number of rotatable bonds is 7. The van der Waals surface area contributed by atoms with E-state index in [4.69, 9.17) is 0 Å². The molecule has 0 bridgehead atoms. The highest BCUT2D eigenvalue weighted by Crippen LogP contribution is 2.17. The van der Waals surface area contributed by atoms with Gasteiger partial charge < -0.3 is 10.0 Å². The number of hydrogen-bond acceptors (Lipinski definition) is 3. The Hall–Kier alpha value is -2.98. The third-order valence-corrected chi connectivity index (χ3v) is 4.24. The maximum Gasteiger partial charge on any atom is 0.254 e. The van der Waals surface area contributed by atoms with E-state index in [1.807, 2.05) is 54.6 Å². The molecule has 1 aromatic heterocycles. The monoisotopic (exact) mass is 346 g/mol. The van der Waals surface area contributed by atoms with E-state index in [9.17, 15) is 9.90 Å². The normalized spacial score (nSPS) is 10.5. The molecule has 0 fully saturated rings. The highest BCUT2D eigenvalue weighted by molar-refractivity contribution is 5.95. The van der Waals surface area contributed by atoms with Gasteiger partial charge in [0.1, 0.15) is 0 Å². The summed E-state index contributed by atoms with van der Waals surface area (Å²) < 4.78 is 0. The molecule has 0 atom stereocenters. The second-order valence-electron chi connectivity index (χ2n) is 6.13. The van der Waals surface area contributed by atoms with Crippen molar-refractivity contribution in [3.8, 4) is 0 Å². The summed E-state index contributed by atoms with van der Waals surface area (Å²) in [5, 5.41) is 9.41. The van der Waals surface area contributed by atoms with Gasteiger partial charge >= 0.3 is 0 Å². The van der Waals surface area contributed by atoms with Crippen LogP contribution >= 0.6 is 0 Å². The highest BCUT2D eigenvalue weighted by atomic mass is 16.3. The van der Waals surface area contributed by atoms with Crippen molar-refractivity contribution < 1.29 is 9.90 Å². The van der Waals surface area contributed by atoms with Gasteiger partial charge in [-0.2, -0.15) is 0 Å². The Morgan fingerprint density at radius 3 is 2.38 bits per heavy atom. The summed E-state index contributed by atoms with van der Waals surface area (Å²) in [6.07, 6.45) is 4.15. The number of benzene rings is 2. The standard InChI is InChI=1S/C22H22N2O2/c25-14-13-24(17-19-9-6-12-23-16-19)22(26)21-11-5-4-10-20(21)15-18-7-2-1-3-8-18/h1-12,16,25H,13-15,17H2. The number of aliphatic hydroxyl groups excluding tert-OH is 1. The molecule has 4 heteroatoms. The van der Waals surface area contributed by atoms with Crippen molar-refractivity contribution in [2.24, 2.45) is 0 Å². The molecule has 1 heterocycles. The average Bonchev–Trinajstić information content (AvgIpc) is 2.69. The third kappa shape index (κ3) is 4.55. The fraction of sp³-hybridized carbons (Fsp3) is 0.182. The van der Waals surface area contributed by atoms with Crippen LogP contribution in [0.5, 0.6) is 0 Å². The summed E-state index contributed by atoms with van der Waals surface area (Å²) in [7, 11) is 0. The first-order valence-electron chi connectivity index (χ1n) is 8.69. The van der Waals surface area contributed by atoms with Crippen LogP contribution in [0.2, 0.25) is 0 Å². The summed E-state index contributed by atoms with van der Waals surface area (Å²) in [4.78, 5) is 18.9.